The van der Waals surface area contributed by atoms with Gasteiger partial charge in [-0.2, -0.15) is 0 Å². The predicted molar refractivity (Wildman–Crippen MR) is 180 cm³/mol. The summed E-state index contributed by atoms with van der Waals surface area (Å²) in [7, 11) is 0. The fourth-order valence-corrected chi connectivity index (χ4v) is 15.2. The first-order valence-electron chi connectivity index (χ1n) is 16.6. The number of ketones is 1. The molecule has 8 aliphatic rings. The van der Waals surface area contributed by atoms with Crippen LogP contribution in [0.25, 0.3) is 0 Å². The van der Waals surface area contributed by atoms with Crippen molar-refractivity contribution in [3.8, 4) is 0 Å². The third-order valence-corrected chi connectivity index (χ3v) is 16.1. The Bertz CT molecular complexity index is 1130. The molecule has 2 aromatic carbocycles. The highest BCUT2D eigenvalue weighted by molar-refractivity contribution is 8.01. The second kappa shape index (κ2) is 11.3. The van der Waals surface area contributed by atoms with Crippen LogP contribution < -0.4 is 0 Å². The molecule has 0 saturated heterocycles. The Kier molecular flexibility index (Phi) is 7.77. The third-order valence-electron chi connectivity index (χ3n) is 12.5. The SMILES string of the molecule is O=C(CSC(c1ccc(Cl)cc1)C12CC3CC(CC(C3)C1)C2)CSC(c1ccc(Cl)cc1)C12CC3CC(CC(C3)C1)C2. The molecule has 42 heavy (non-hydrogen) atoms. The molecule has 0 aromatic heterocycles. The summed E-state index contributed by atoms with van der Waals surface area (Å²) in [6.07, 6.45) is 16.8. The molecular weight excluding hydrogens is 595 g/mol. The molecule has 2 unspecified atom stereocenters. The quantitative estimate of drug-likeness (QED) is 0.257. The van der Waals surface area contributed by atoms with Gasteiger partial charge in [-0.3, -0.25) is 4.79 Å². The Morgan fingerprint density at radius 2 is 0.857 bits per heavy atom. The Hall–Kier alpha value is -0.610. The van der Waals surface area contributed by atoms with Gasteiger partial charge in [0.15, 0.2) is 5.78 Å². The van der Waals surface area contributed by atoms with E-state index >= 15 is 0 Å². The maximum atomic E-state index is 13.8. The van der Waals surface area contributed by atoms with Crippen LogP contribution in [-0.4, -0.2) is 17.3 Å². The second-order valence-electron chi connectivity index (χ2n) is 15.6. The molecule has 224 valence electrons. The van der Waals surface area contributed by atoms with Crippen LogP contribution in [0.15, 0.2) is 48.5 Å². The molecule has 0 radical (unpaired) electrons. The van der Waals surface area contributed by atoms with Gasteiger partial charge in [0.25, 0.3) is 0 Å². The minimum absolute atomic E-state index is 0.353. The number of hydrogen-bond acceptors (Lipinski definition) is 3. The maximum Gasteiger partial charge on any atom is 0.152 e. The van der Waals surface area contributed by atoms with E-state index in [9.17, 15) is 4.79 Å². The first kappa shape index (κ1) is 28.8. The Labute approximate surface area is 271 Å². The van der Waals surface area contributed by atoms with Gasteiger partial charge < -0.3 is 0 Å². The smallest absolute Gasteiger partial charge is 0.152 e. The van der Waals surface area contributed by atoms with Gasteiger partial charge in [0.2, 0.25) is 0 Å². The standard InChI is InChI=1S/C37H44Cl2OS2/c38-31-5-1-29(2-6-31)34(36-15-23-9-24(16-36)11-25(10-23)17-36)41-21-33(40)22-42-35(30-3-7-32(39)8-4-30)37-18-26-12-27(19-37)14-28(13-26)20-37/h1-8,23-28,34-35H,9-22H2. The van der Waals surface area contributed by atoms with E-state index in [1.165, 1.54) is 88.2 Å². The van der Waals surface area contributed by atoms with Crippen LogP contribution >= 0.6 is 46.7 Å². The zero-order valence-electron chi connectivity index (χ0n) is 24.6. The van der Waals surface area contributed by atoms with E-state index in [1.54, 1.807) is 0 Å². The summed E-state index contributed by atoms with van der Waals surface area (Å²) in [4.78, 5) is 13.8. The van der Waals surface area contributed by atoms with E-state index in [4.69, 9.17) is 23.2 Å². The number of carbonyl (C=O) groups is 1. The molecule has 2 atom stereocenters. The van der Waals surface area contributed by atoms with E-state index < -0.39 is 0 Å². The number of benzene rings is 2. The summed E-state index contributed by atoms with van der Waals surface area (Å²) in [6, 6.07) is 17.2. The van der Waals surface area contributed by atoms with Crippen LogP contribution in [0.1, 0.15) is 98.7 Å². The number of Topliss-reactive ketones (excluding diaryl/α,β-unsaturated/α-hetero) is 1. The molecule has 2 aromatic rings. The van der Waals surface area contributed by atoms with Gasteiger partial charge in [-0.15, -0.1) is 23.5 Å². The highest BCUT2D eigenvalue weighted by Crippen LogP contribution is 2.68. The number of thioether (sulfide) groups is 2. The molecule has 10 rings (SSSR count). The maximum absolute atomic E-state index is 13.8. The van der Waals surface area contributed by atoms with Crippen LogP contribution in [0, 0.1) is 46.3 Å². The average Bonchev–Trinajstić information content (AvgIpc) is 2.93. The number of rotatable bonds is 10. The van der Waals surface area contributed by atoms with Crippen molar-refractivity contribution in [2.24, 2.45) is 46.3 Å². The van der Waals surface area contributed by atoms with E-state index in [1.807, 2.05) is 23.5 Å². The van der Waals surface area contributed by atoms with Crippen LogP contribution in [0.3, 0.4) is 0 Å². The average molecular weight is 640 g/mol. The molecular formula is C37H44Cl2OS2. The van der Waals surface area contributed by atoms with Gasteiger partial charge in [0.1, 0.15) is 0 Å². The monoisotopic (exact) mass is 638 g/mol. The van der Waals surface area contributed by atoms with Crippen LogP contribution in [-0.2, 0) is 4.79 Å². The van der Waals surface area contributed by atoms with E-state index in [0.717, 1.165) is 45.6 Å². The summed E-state index contributed by atoms with van der Waals surface area (Å²) in [5.41, 5.74) is 3.48. The van der Waals surface area contributed by atoms with Crippen LogP contribution in [0.4, 0.5) is 0 Å². The predicted octanol–water partition coefficient (Wildman–Crippen LogP) is 11.2. The molecule has 0 N–H and O–H groups in total. The summed E-state index contributed by atoms with van der Waals surface area (Å²) in [5, 5.41) is 2.40. The summed E-state index contributed by atoms with van der Waals surface area (Å²) in [6.45, 7) is 0. The van der Waals surface area contributed by atoms with Crippen molar-refractivity contribution >= 4 is 52.5 Å². The topological polar surface area (TPSA) is 17.1 Å². The zero-order valence-corrected chi connectivity index (χ0v) is 27.8. The molecule has 8 fully saturated rings. The summed E-state index contributed by atoms with van der Waals surface area (Å²) < 4.78 is 0. The van der Waals surface area contributed by atoms with E-state index in [0.29, 0.717) is 38.6 Å². The normalized spacial score (nSPS) is 39.0. The van der Waals surface area contributed by atoms with E-state index in [2.05, 4.69) is 48.5 Å². The fourth-order valence-electron chi connectivity index (χ4n) is 11.9. The van der Waals surface area contributed by atoms with Gasteiger partial charge in [-0.1, -0.05) is 47.5 Å². The third kappa shape index (κ3) is 5.43. The van der Waals surface area contributed by atoms with Gasteiger partial charge in [0, 0.05) is 20.5 Å². The van der Waals surface area contributed by atoms with E-state index in [-0.39, 0.29) is 0 Å². The Morgan fingerprint density at radius 3 is 1.14 bits per heavy atom. The summed E-state index contributed by atoms with van der Waals surface area (Å²) in [5.74, 6) is 7.06. The fraction of sp³-hybridized carbons (Fsp3) is 0.649. The number of hydrogen-bond donors (Lipinski definition) is 0. The van der Waals surface area contributed by atoms with Gasteiger partial charge in [0.05, 0.1) is 11.5 Å². The molecule has 5 heteroatoms. The number of carbonyl (C=O) groups excluding carboxylic acids is 1. The Morgan fingerprint density at radius 1 is 0.571 bits per heavy atom. The van der Waals surface area contributed by atoms with Crippen molar-refractivity contribution < 1.29 is 4.79 Å². The first-order chi connectivity index (χ1) is 20.3. The van der Waals surface area contributed by atoms with Crippen molar-refractivity contribution in [1.29, 1.82) is 0 Å². The molecule has 0 spiro atoms. The van der Waals surface area contributed by atoms with Crippen molar-refractivity contribution in [2.45, 2.75) is 87.5 Å². The first-order valence-corrected chi connectivity index (χ1v) is 19.5. The molecule has 8 bridgehead atoms. The molecule has 8 aliphatic carbocycles. The minimum Gasteiger partial charge on any atom is -0.298 e. The lowest BCUT2D eigenvalue weighted by Gasteiger charge is -2.59. The lowest BCUT2D eigenvalue weighted by molar-refractivity contribution is -0.114. The van der Waals surface area contributed by atoms with Gasteiger partial charge in [-0.25, -0.2) is 0 Å². The van der Waals surface area contributed by atoms with Crippen LogP contribution in [0.2, 0.25) is 10.0 Å². The lowest BCUT2D eigenvalue weighted by atomic mass is 9.48. The van der Waals surface area contributed by atoms with Crippen LogP contribution in [0.5, 0.6) is 0 Å². The van der Waals surface area contributed by atoms with Crippen molar-refractivity contribution in [3.63, 3.8) is 0 Å². The zero-order chi connectivity index (χ0) is 28.5. The molecule has 0 aliphatic heterocycles. The van der Waals surface area contributed by atoms with Gasteiger partial charge >= 0.3 is 0 Å². The molecule has 8 saturated carbocycles. The van der Waals surface area contributed by atoms with Gasteiger partial charge in [-0.05, 0) is 159 Å². The Balaban J connectivity index is 1.000. The lowest BCUT2D eigenvalue weighted by Crippen LogP contribution is -2.48. The molecule has 0 heterocycles. The number of halogens is 2. The molecule has 0 amide bonds. The highest BCUT2D eigenvalue weighted by Gasteiger charge is 2.56. The van der Waals surface area contributed by atoms with Crippen molar-refractivity contribution in [2.75, 3.05) is 11.5 Å². The molecule has 1 nitrogen and oxygen atoms in total. The highest BCUT2D eigenvalue weighted by atomic mass is 35.5. The largest absolute Gasteiger partial charge is 0.298 e. The minimum atomic E-state index is 0.353. The second-order valence-corrected chi connectivity index (χ2v) is 18.6. The summed E-state index contributed by atoms with van der Waals surface area (Å²) >= 11 is 16.6. The van der Waals surface area contributed by atoms with Crippen molar-refractivity contribution in [1.82, 2.24) is 0 Å². The van der Waals surface area contributed by atoms with Crippen molar-refractivity contribution in [3.05, 3.63) is 69.7 Å².